The lowest BCUT2D eigenvalue weighted by atomic mass is 9.85. The summed E-state index contributed by atoms with van der Waals surface area (Å²) in [5, 5.41) is 7.48. The lowest BCUT2D eigenvalue weighted by Gasteiger charge is -2.30. The van der Waals surface area contributed by atoms with Crippen LogP contribution in [0, 0.1) is 11.8 Å². The second-order valence-corrected chi connectivity index (χ2v) is 6.25. The van der Waals surface area contributed by atoms with Crippen LogP contribution in [0.4, 0.5) is 0 Å². The number of hydrogen-bond acceptors (Lipinski definition) is 5. The first-order valence-corrected chi connectivity index (χ1v) is 7.86. The molecule has 2 atom stereocenters. The predicted molar refractivity (Wildman–Crippen MR) is 75.4 cm³/mol. The maximum atomic E-state index is 5.67. The fourth-order valence-electron chi connectivity index (χ4n) is 3.36. The second kappa shape index (κ2) is 6.22. The van der Waals surface area contributed by atoms with Crippen molar-refractivity contribution in [3.63, 3.8) is 0 Å². The highest BCUT2D eigenvalue weighted by atomic mass is 16.5. The Morgan fingerprint density at radius 1 is 1.20 bits per heavy atom. The van der Waals surface area contributed by atoms with Gasteiger partial charge in [-0.05, 0) is 37.8 Å². The summed E-state index contributed by atoms with van der Waals surface area (Å²) in [5.74, 6) is 3.01. The van der Waals surface area contributed by atoms with Gasteiger partial charge in [-0.3, -0.25) is 0 Å². The molecule has 0 spiro atoms. The lowest BCUT2D eigenvalue weighted by Crippen LogP contribution is -2.44. The standard InChI is InChI=1S/C15H25N3O2/c1-10(12-8-16-9-12)15-17-14(18-20-15)13(19-2)11-6-4-3-5-7-11/h10-13,16H,3-9H2,1-2H3. The van der Waals surface area contributed by atoms with E-state index in [0.29, 0.717) is 17.8 Å². The van der Waals surface area contributed by atoms with E-state index in [0.717, 1.165) is 24.8 Å². The van der Waals surface area contributed by atoms with Gasteiger partial charge in [-0.1, -0.05) is 31.3 Å². The molecule has 1 aromatic rings. The molecule has 20 heavy (non-hydrogen) atoms. The SMILES string of the molecule is COC(c1noc(C(C)C2CNC2)n1)C1CCCCC1. The van der Waals surface area contributed by atoms with Gasteiger partial charge >= 0.3 is 0 Å². The van der Waals surface area contributed by atoms with E-state index in [4.69, 9.17) is 9.26 Å². The van der Waals surface area contributed by atoms with Crippen molar-refractivity contribution in [3.8, 4) is 0 Å². The van der Waals surface area contributed by atoms with Crippen LogP contribution in [0.25, 0.3) is 0 Å². The summed E-state index contributed by atoms with van der Waals surface area (Å²) in [4.78, 5) is 4.63. The minimum atomic E-state index is -0.000449. The molecule has 112 valence electrons. The zero-order valence-corrected chi connectivity index (χ0v) is 12.5. The van der Waals surface area contributed by atoms with E-state index in [1.54, 1.807) is 7.11 Å². The van der Waals surface area contributed by atoms with Crippen molar-refractivity contribution in [3.05, 3.63) is 11.7 Å². The van der Waals surface area contributed by atoms with Crippen molar-refractivity contribution < 1.29 is 9.26 Å². The summed E-state index contributed by atoms with van der Waals surface area (Å²) in [6, 6.07) is 0. The molecule has 0 aromatic carbocycles. The summed E-state index contributed by atoms with van der Waals surface area (Å²) in [6.07, 6.45) is 6.35. The van der Waals surface area contributed by atoms with Crippen molar-refractivity contribution in [1.82, 2.24) is 15.5 Å². The van der Waals surface area contributed by atoms with Crippen LogP contribution in [-0.4, -0.2) is 30.3 Å². The summed E-state index contributed by atoms with van der Waals surface area (Å²) < 4.78 is 11.2. The Balaban J connectivity index is 1.69. The summed E-state index contributed by atoms with van der Waals surface area (Å²) in [5.41, 5.74) is 0. The number of ether oxygens (including phenoxy) is 1. The third kappa shape index (κ3) is 2.74. The second-order valence-electron chi connectivity index (χ2n) is 6.25. The van der Waals surface area contributed by atoms with E-state index >= 15 is 0 Å². The van der Waals surface area contributed by atoms with E-state index in [1.165, 1.54) is 32.1 Å². The van der Waals surface area contributed by atoms with E-state index in [-0.39, 0.29) is 6.10 Å². The molecule has 2 heterocycles. The van der Waals surface area contributed by atoms with Gasteiger partial charge in [0.2, 0.25) is 11.7 Å². The summed E-state index contributed by atoms with van der Waals surface area (Å²) in [7, 11) is 1.76. The van der Waals surface area contributed by atoms with Gasteiger partial charge in [-0.2, -0.15) is 4.98 Å². The molecule has 1 aliphatic heterocycles. The van der Waals surface area contributed by atoms with Crippen LogP contribution in [0.5, 0.6) is 0 Å². The van der Waals surface area contributed by atoms with Crippen LogP contribution in [0.1, 0.15) is 62.8 Å². The first-order valence-electron chi connectivity index (χ1n) is 7.86. The Kier molecular flexibility index (Phi) is 4.36. The van der Waals surface area contributed by atoms with E-state index in [9.17, 15) is 0 Å². The number of aromatic nitrogens is 2. The molecule has 1 N–H and O–H groups in total. The predicted octanol–water partition coefficient (Wildman–Crippen LogP) is 2.66. The zero-order chi connectivity index (χ0) is 13.9. The molecule has 1 saturated carbocycles. The van der Waals surface area contributed by atoms with Crippen molar-refractivity contribution in [2.75, 3.05) is 20.2 Å². The number of methoxy groups -OCH3 is 1. The van der Waals surface area contributed by atoms with Gasteiger partial charge in [-0.25, -0.2) is 0 Å². The maximum Gasteiger partial charge on any atom is 0.229 e. The summed E-state index contributed by atoms with van der Waals surface area (Å²) >= 11 is 0. The number of rotatable bonds is 5. The van der Waals surface area contributed by atoms with Gasteiger partial charge < -0.3 is 14.6 Å². The van der Waals surface area contributed by atoms with Gasteiger partial charge in [-0.15, -0.1) is 0 Å². The molecule has 0 bridgehead atoms. The molecule has 2 unspecified atom stereocenters. The van der Waals surface area contributed by atoms with Gasteiger partial charge in [0.15, 0.2) is 0 Å². The van der Waals surface area contributed by atoms with Gasteiger partial charge in [0, 0.05) is 13.0 Å². The van der Waals surface area contributed by atoms with E-state index < -0.39 is 0 Å². The topological polar surface area (TPSA) is 60.2 Å². The molecule has 1 aliphatic carbocycles. The normalized spacial score (nSPS) is 24.3. The highest BCUT2D eigenvalue weighted by Gasteiger charge is 2.32. The highest BCUT2D eigenvalue weighted by Crippen LogP contribution is 2.36. The van der Waals surface area contributed by atoms with Crippen LogP contribution in [0.3, 0.4) is 0 Å². The van der Waals surface area contributed by atoms with Crippen LogP contribution >= 0.6 is 0 Å². The minimum absolute atomic E-state index is 0.000449. The number of nitrogens with one attached hydrogen (secondary N) is 1. The molecular formula is C15H25N3O2. The number of nitrogens with zero attached hydrogens (tertiary/aromatic N) is 2. The smallest absolute Gasteiger partial charge is 0.229 e. The molecule has 0 amide bonds. The van der Waals surface area contributed by atoms with Gasteiger partial charge in [0.1, 0.15) is 6.10 Å². The molecule has 5 heteroatoms. The average molecular weight is 279 g/mol. The highest BCUT2D eigenvalue weighted by molar-refractivity contribution is 5.01. The minimum Gasteiger partial charge on any atom is -0.373 e. The summed E-state index contributed by atoms with van der Waals surface area (Å²) in [6.45, 7) is 4.27. The van der Waals surface area contributed by atoms with Gasteiger partial charge in [0.25, 0.3) is 0 Å². The van der Waals surface area contributed by atoms with Crippen LogP contribution in [0.15, 0.2) is 4.52 Å². The Morgan fingerprint density at radius 2 is 1.95 bits per heavy atom. The van der Waals surface area contributed by atoms with Crippen molar-refractivity contribution in [2.24, 2.45) is 11.8 Å². The molecule has 2 fully saturated rings. The molecule has 3 rings (SSSR count). The maximum absolute atomic E-state index is 5.67. The van der Waals surface area contributed by atoms with Crippen LogP contribution < -0.4 is 5.32 Å². The van der Waals surface area contributed by atoms with E-state index in [1.807, 2.05) is 0 Å². The third-order valence-corrected chi connectivity index (χ3v) is 4.95. The Hall–Kier alpha value is -0.940. The van der Waals surface area contributed by atoms with Crippen molar-refractivity contribution >= 4 is 0 Å². The van der Waals surface area contributed by atoms with E-state index in [2.05, 4.69) is 22.4 Å². The van der Waals surface area contributed by atoms with Crippen molar-refractivity contribution in [1.29, 1.82) is 0 Å². The zero-order valence-electron chi connectivity index (χ0n) is 12.5. The van der Waals surface area contributed by atoms with Crippen molar-refractivity contribution in [2.45, 2.75) is 51.0 Å². The monoisotopic (exact) mass is 279 g/mol. The third-order valence-electron chi connectivity index (χ3n) is 4.95. The Labute approximate surface area is 120 Å². The Morgan fingerprint density at radius 3 is 2.55 bits per heavy atom. The first-order chi connectivity index (χ1) is 9.79. The largest absolute Gasteiger partial charge is 0.373 e. The molecule has 1 saturated heterocycles. The average Bonchev–Trinajstić information content (AvgIpc) is 2.88. The van der Waals surface area contributed by atoms with Gasteiger partial charge in [0.05, 0.1) is 0 Å². The van der Waals surface area contributed by atoms with Crippen LogP contribution in [-0.2, 0) is 4.74 Å². The molecule has 0 radical (unpaired) electrons. The molecule has 1 aromatic heterocycles. The molecule has 2 aliphatic rings. The lowest BCUT2D eigenvalue weighted by molar-refractivity contribution is 0.0273. The Bertz CT molecular complexity index is 425. The van der Waals surface area contributed by atoms with Crippen LogP contribution in [0.2, 0.25) is 0 Å². The first kappa shape index (κ1) is 14.0. The quantitative estimate of drug-likeness (QED) is 0.898. The fourth-order valence-corrected chi connectivity index (χ4v) is 3.36. The molecular weight excluding hydrogens is 254 g/mol. The number of hydrogen-bond donors (Lipinski definition) is 1. The molecule has 5 nitrogen and oxygen atoms in total. The fraction of sp³-hybridized carbons (Fsp3) is 0.867.